The molecule has 118 valence electrons. The van der Waals surface area contributed by atoms with Crippen molar-refractivity contribution in [3.8, 4) is 0 Å². The molecule has 0 amide bonds. The summed E-state index contributed by atoms with van der Waals surface area (Å²) in [4.78, 5) is 2.40. The first-order chi connectivity index (χ1) is 10.1. The third kappa shape index (κ3) is 4.25. The van der Waals surface area contributed by atoms with Crippen LogP contribution in [-0.4, -0.2) is 37.7 Å². The van der Waals surface area contributed by atoms with Crippen molar-refractivity contribution < 1.29 is 9.13 Å². The van der Waals surface area contributed by atoms with Gasteiger partial charge in [-0.2, -0.15) is 0 Å². The van der Waals surface area contributed by atoms with Crippen LogP contribution in [0, 0.1) is 11.7 Å². The lowest BCUT2D eigenvalue weighted by Gasteiger charge is -2.36. The summed E-state index contributed by atoms with van der Waals surface area (Å²) in [5.41, 5.74) is 7.08. The van der Waals surface area contributed by atoms with Gasteiger partial charge in [0.15, 0.2) is 0 Å². The van der Waals surface area contributed by atoms with Crippen LogP contribution in [-0.2, 0) is 4.74 Å². The SMILES string of the molecule is COCCN(C(CN)c1ccc(F)c(Br)c1)C(C)C1CC1. The predicted octanol–water partition coefficient (Wildman–Crippen LogP) is 3.33. The van der Waals surface area contributed by atoms with E-state index in [4.69, 9.17) is 10.5 Å². The largest absolute Gasteiger partial charge is 0.383 e. The van der Waals surface area contributed by atoms with Crippen LogP contribution in [0.4, 0.5) is 4.39 Å². The second-order valence-electron chi connectivity index (χ2n) is 5.73. The molecule has 5 heteroatoms. The van der Waals surface area contributed by atoms with Crippen LogP contribution >= 0.6 is 15.9 Å². The van der Waals surface area contributed by atoms with Crippen molar-refractivity contribution in [1.82, 2.24) is 4.90 Å². The summed E-state index contributed by atoms with van der Waals surface area (Å²) in [5.74, 6) is 0.507. The molecule has 1 aromatic rings. The Morgan fingerprint density at radius 3 is 2.71 bits per heavy atom. The molecule has 1 aliphatic carbocycles. The van der Waals surface area contributed by atoms with Gasteiger partial charge in [0.2, 0.25) is 0 Å². The number of nitrogens with two attached hydrogens (primary N) is 1. The fraction of sp³-hybridized carbons (Fsp3) is 0.625. The molecule has 0 heterocycles. The molecule has 1 fully saturated rings. The van der Waals surface area contributed by atoms with Gasteiger partial charge in [0.1, 0.15) is 5.82 Å². The first-order valence-electron chi connectivity index (χ1n) is 7.48. The monoisotopic (exact) mass is 358 g/mol. The first-order valence-corrected chi connectivity index (χ1v) is 8.27. The number of nitrogens with zero attached hydrogens (tertiary/aromatic N) is 1. The highest BCUT2D eigenvalue weighted by Crippen LogP contribution is 2.38. The van der Waals surface area contributed by atoms with Crippen LogP contribution in [0.1, 0.15) is 31.4 Å². The number of halogens is 2. The van der Waals surface area contributed by atoms with Crippen molar-refractivity contribution >= 4 is 15.9 Å². The van der Waals surface area contributed by atoms with Crippen LogP contribution in [0.5, 0.6) is 0 Å². The first kappa shape index (κ1) is 16.9. The summed E-state index contributed by atoms with van der Waals surface area (Å²) in [6.07, 6.45) is 2.57. The highest BCUT2D eigenvalue weighted by molar-refractivity contribution is 9.10. The minimum absolute atomic E-state index is 0.0904. The molecular formula is C16H24BrFN2O. The van der Waals surface area contributed by atoms with Crippen LogP contribution < -0.4 is 5.73 Å². The van der Waals surface area contributed by atoms with Gasteiger partial charge < -0.3 is 10.5 Å². The Kier molecular flexibility index (Phi) is 6.17. The lowest BCUT2D eigenvalue weighted by atomic mass is 10.0. The maximum absolute atomic E-state index is 13.5. The summed E-state index contributed by atoms with van der Waals surface area (Å²) in [7, 11) is 1.71. The molecule has 2 atom stereocenters. The number of benzene rings is 1. The van der Waals surface area contributed by atoms with Crippen molar-refractivity contribution in [2.24, 2.45) is 11.7 Å². The third-order valence-electron chi connectivity index (χ3n) is 4.33. The fourth-order valence-corrected chi connectivity index (χ4v) is 3.27. The number of hydrogen-bond acceptors (Lipinski definition) is 3. The minimum atomic E-state index is -0.242. The second kappa shape index (κ2) is 7.68. The van der Waals surface area contributed by atoms with Crippen LogP contribution in [0.3, 0.4) is 0 Å². The van der Waals surface area contributed by atoms with E-state index in [0.717, 1.165) is 18.0 Å². The van der Waals surface area contributed by atoms with Crippen molar-refractivity contribution in [2.45, 2.75) is 31.8 Å². The minimum Gasteiger partial charge on any atom is -0.383 e. The van der Waals surface area contributed by atoms with E-state index in [1.807, 2.05) is 12.1 Å². The Hall–Kier alpha value is -0.490. The Balaban J connectivity index is 2.22. The summed E-state index contributed by atoms with van der Waals surface area (Å²) in [6, 6.07) is 5.73. The average molecular weight is 359 g/mol. The summed E-state index contributed by atoms with van der Waals surface area (Å²) in [6.45, 7) is 4.29. The Morgan fingerprint density at radius 2 is 2.19 bits per heavy atom. The molecule has 0 radical (unpaired) electrons. The summed E-state index contributed by atoms with van der Waals surface area (Å²) >= 11 is 3.26. The molecule has 0 aromatic heterocycles. The lowest BCUT2D eigenvalue weighted by molar-refractivity contribution is 0.0834. The predicted molar refractivity (Wildman–Crippen MR) is 86.7 cm³/mol. The van der Waals surface area contributed by atoms with E-state index in [1.54, 1.807) is 7.11 Å². The maximum atomic E-state index is 13.5. The quantitative estimate of drug-likeness (QED) is 0.774. The van der Waals surface area contributed by atoms with E-state index < -0.39 is 0 Å². The zero-order chi connectivity index (χ0) is 15.4. The van der Waals surface area contributed by atoms with Gasteiger partial charge in [0.25, 0.3) is 0 Å². The van der Waals surface area contributed by atoms with Crippen molar-refractivity contribution in [1.29, 1.82) is 0 Å². The smallest absolute Gasteiger partial charge is 0.137 e. The summed E-state index contributed by atoms with van der Waals surface area (Å²) < 4.78 is 19.2. The van der Waals surface area contributed by atoms with Gasteiger partial charge in [-0.3, -0.25) is 4.90 Å². The van der Waals surface area contributed by atoms with Crippen LogP contribution in [0.25, 0.3) is 0 Å². The van der Waals surface area contributed by atoms with E-state index in [9.17, 15) is 4.39 Å². The molecular weight excluding hydrogens is 335 g/mol. The van der Waals surface area contributed by atoms with E-state index in [1.165, 1.54) is 18.9 Å². The van der Waals surface area contributed by atoms with Crippen LogP contribution in [0.15, 0.2) is 22.7 Å². The van der Waals surface area contributed by atoms with Gasteiger partial charge in [-0.05, 0) is 59.3 Å². The van der Waals surface area contributed by atoms with Gasteiger partial charge in [-0.1, -0.05) is 6.07 Å². The third-order valence-corrected chi connectivity index (χ3v) is 4.94. The molecule has 2 unspecified atom stereocenters. The number of ether oxygens (including phenoxy) is 1. The highest BCUT2D eigenvalue weighted by Gasteiger charge is 2.35. The molecule has 0 aliphatic heterocycles. The van der Waals surface area contributed by atoms with Gasteiger partial charge in [-0.15, -0.1) is 0 Å². The lowest BCUT2D eigenvalue weighted by Crippen LogP contribution is -2.43. The van der Waals surface area contributed by atoms with Crippen LogP contribution in [0.2, 0.25) is 0 Å². The summed E-state index contributed by atoms with van der Waals surface area (Å²) in [5, 5.41) is 0. The molecule has 1 aliphatic rings. The fourth-order valence-electron chi connectivity index (χ4n) is 2.87. The second-order valence-corrected chi connectivity index (χ2v) is 6.59. The molecule has 1 saturated carbocycles. The molecule has 3 nitrogen and oxygen atoms in total. The van der Waals surface area contributed by atoms with Gasteiger partial charge >= 0.3 is 0 Å². The zero-order valence-electron chi connectivity index (χ0n) is 12.7. The van der Waals surface area contributed by atoms with E-state index >= 15 is 0 Å². The van der Waals surface area contributed by atoms with E-state index in [0.29, 0.717) is 23.7 Å². The number of hydrogen-bond donors (Lipinski definition) is 1. The molecule has 0 spiro atoms. The molecule has 2 N–H and O–H groups in total. The van der Waals surface area contributed by atoms with Gasteiger partial charge in [0, 0.05) is 32.3 Å². The molecule has 2 rings (SSSR count). The van der Waals surface area contributed by atoms with Gasteiger partial charge in [0.05, 0.1) is 11.1 Å². The van der Waals surface area contributed by atoms with Gasteiger partial charge in [-0.25, -0.2) is 4.39 Å². The standard InChI is InChI=1S/C16H24BrFN2O/c1-11(12-3-4-12)20(7-8-21-2)16(10-19)13-5-6-15(18)14(17)9-13/h5-6,9,11-12,16H,3-4,7-8,10,19H2,1-2H3. The number of methoxy groups -OCH3 is 1. The number of rotatable bonds is 8. The molecule has 1 aromatic carbocycles. The Bertz CT molecular complexity index is 468. The van der Waals surface area contributed by atoms with Crippen molar-refractivity contribution in [2.75, 3.05) is 26.8 Å². The Morgan fingerprint density at radius 1 is 1.48 bits per heavy atom. The average Bonchev–Trinajstić information content (AvgIpc) is 3.30. The van der Waals surface area contributed by atoms with E-state index in [2.05, 4.69) is 27.8 Å². The highest BCUT2D eigenvalue weighted by atomic mass is 79.9. The molecule has 0 bridgehead atoms. The normalized spacial score (nSPS) is 18.0. The zero-order valence-corrected chi connectivity index (χ0v) is 14.3. The maximum Gasteiger partial charge on any atom is 0.137 e. The molecule has 0 saturated heterocycles. The van der Waals surface area contributed by atoms with Crippen molar-refractivity contribution in [3.63, 3.8) is 0 Å². The Labute approximate surface area is 134 Å². The topological polar surface area (TPSA) is 38.5 Å². The van der Waals surface area contributed by atoms with Crippen molar-refractivity contribution in [3.05, 3.63) is 34.1 Å². The van der Waals surface area contributed by atoms with E-state index in [-0.39, 0.29) is 11.9 Å². The molecule has 21 heavy (non-hydrogen) atoms.